The number of hydrogen-bond acceptors (Lipinski definition) is 5. The predicted octanol–water partition coefficient (Wildman–Crippen LogP) is 7.59. The molecule has 4 aromatic rings. The van der Waals surface area contributed by atoms with E-state index in [1.54, 1.807) is 11.3 Å². The number of allylic oxidation sites excluding steroid dienone is 1. The highest BCUT2D eigenvalue weighted by Gasteiger charge is 2.36. The Morgan fingerprint density at radius 1 is 0.879 bits per heavy atom. The van der Waals surface area contributed by atoms with E-state index in [-0.39, 0.29) is 5.41 Å². The van der Waals surface area contributed by atoms with Crippen LogP contribution in [-0.2, 0) is 16.3 Å². The van der Waals surface area contributed by atoms with Crippen molar-refractivity contribution in [2.24, 2.45) is 5.41 Å². The summed E-state index contributed by atoms with van der Waals surface area (Å²) in [4.78, 5) is 7.16. The highest BCUT2D eigenvalue weighted by atomic mass is 32.2. The molecule has 6 heteroatoms. The Hall–Kier alpha value is -2.54. The third kappa shape index (κ3) is 4.12. The average Bonchev–Trinajstić information content (AvgIpc) is 3.36. The number of aromatic nitrogens is 1. The molecule has 0 atom stereocenters. The molecule has 2 heterocycles. The van der Waals surface area contributed by atoms with Gasteiger partial charge in [0.25, 0.3) is 0 Å². The molecule has 1 aliphatic carbocycles. The first-order chi connectivity index (χ1) is 15.6. The van der Waals surface area contributed by atoms with Crippen LogP contribution in [-0.4, -0.2) is 19.7 Å². The zero-order valence-corrected chi connectivity index (χ0v) is 21.3. The summed E-state index contributed by atoms with van der Waals surface area (Å²) >= 11 is 2.98. The third-order valence-electron chi connectivity index (χ3n) is 5.92. The van der Waals surface area contributed by atoms with E-state index in [1.165, 1.54) is 17.6 Å². The molecule has 2 aromatic heterocycles. The summed E-state index contributed by atoms with van der Waals surface area (Å²) in [5.74, 6) is 0. The second kappa shape index (κ2) is 8.05. The molecule has 0 bridgehead atoms. The molecule has 0 radical (unpaired) electrons. The maximum atomic E-state index is 12.7. The van der Waals surface area contributed by atoms with Crippen molar-refractivity contribution in [3.05, 3.63) is 78.4 Å². The van der Waals surface area contributed by atoms with Gasteiger partial charge in [-0.3, -0.25) is 0 Å². The van der Waals surface area contributed by atoms with Crippen LogP contribution in [0.4, 0.5) is 0 Å². The van der Waals surface area contributed by atoms with Gasteiger partial charge in [0.2, 0.25) is 0 Å². The minimum absolute atomic E-state index is 0.0243. The predicted molar refractivity (Wildman–Crippen MR) is 141 cm³/mol. The van der Waals surface area contributed by atoms with Crippen molar-refractivity contribution in [2.45, 2.75) is 30.9 Å². The fourth-order valence-electron chi connectivity index (χ4n) is 4.60. The van der Waals surface area contributed by atoms with E-state index in [1.807, 2.05) is 36.4 Å². The molecule has 0 unspecified atom stereocenters. The van der Waals surface area contributed by atoms with Crippen LogP contribution in [0.2, 0.25) is 0 Å². The summed E-state index contributed by atoms with van der Waals surface area (Å²) < 4.78 is 25.9. The van der Waals surface area contributed by atoms with Gasteiger partial charge >= 0.3 is 0 Å². The maximum Gasteiger partial charge on any atom is 0.185 e. The first-order valence-corrected chi connectivity index (χ1v) is 14.3. The first-order valence-electron chi connectivity index (χ1n) is 10.8. The van der Waals surface area contributed by atoms with E-state index >= 15 is 0 Å². The molecule has 1 aliphatic rings. The van der Waals surface area contributed by atoms with Gasteiger partial charge in [0.15, 0.2) is 9.84 Å². The van der Waals surface area contributed by atoms with Gasteiger partial charge in [-0.1, -0.05) is 81.1 Å². The van der Waals surface area contributed by atoms with Crippen LogP contribution < -0.4 is 0 Å². The van der Waals surface area contributed by atoms with Crippen LogP contribution in [0.1, 0.15) is 31.4 Å². The quantitative estimate of drug-likeness (QED) is 0.295. The molecule has 0 saturated heterocycles. The van der Waals surface area contributed by atoms with Crippen molar-refractivity contribution in [1.82, 2.24) is 4.98 Å². The van der Waals surface area contributed by atoms with E-state index in [0.717, 1.165) is 61.1 Å². The SMILES string of the molecule is C=C1CC(C)(C)Cc2c(-c3nc(-c4ccccc4)c(-c4ccccc4)s3)sc(S(C)(=O)=O)c21. The Balaban J connectivity index is 1.78. The Labute approximate surface area is 203 Å². The lowest BCUT2D eigenvalue weighted by molar-refractivity contribution is 0.366. The zero-order valence-electron chi connectivity index (χ0n) is 18.9. The summed E-state index contributed by atoms with van der Waals surface area (Å²) in [7, 11) is -3.37. The fraction of sp³-hybridized carbons (Fsp3) is 0.222. The van der Waals surface area contributed by atoms with Gasteiger partial charge in [0.05, 0.1) is 15.4 Å². The highest BCUT2D eigenvalue weighted by Crippen LogP contribution is 2.52. The van der Waals surface area contributed by atoms with Crippen LogP contribution in [0.3, 0.4) is 0 Å². The normalized spacial score (nSPS) is 15.4. The van der Waals surface area contributed by atoms with E-state index in [4.69, 9.17) is 4.98 Å². The summed E-state index contributed by atoms with van der Waals surface area (Å²) in [6.07, 6.45) is 2.90. The number of benzene rings is 2. The molecule has 0 N–H and O–H groups in total. The number of thiophene rings is 1. The van der Waals surface area contributed by atoms with Gasteiger partial charge in [0, 0.05) is 17.4 Å². The van der Waals surface area contributed by atoms with Crippen molar-refractivity contribution < 1.29 is 8.42 Å². The van der Waals surface area contributed by atoms with Gasteiger partial charge < -0.3 is 0 Å². The van der Waals surface area contributed by atoms with Gasteiger partial charge in [-0.15, -0.1) is 22.7 Å². The van der Waals surface area contributed by atoms with Gasteiger partial charge in [0.1, 0.15) is 9.22 Å². The van der Waals surface area contributed by atoms with Crippen LogP contribution in [0.15, 0.2) is 71.5 Å². The Morgan fingerprint density at radius 2 is 1.48 bits per heavy atom. The lowest BCUT2D eigenvalue weighted by Gasteiger charge is -2.32. The van der Waals surface area contributed by atoms with Crippen molar-refractivity contribution in [3.8, 4) is 31.6 Å². The molecule has 168 valence electrons. The first kappa shape index (κ1) is 22.3. The summed E-state index contributed by atoms with van der Waals surface area (Å²) in [6, 6.07) is 20.4. The van der Waals surface area contributed by atoms with E-state index in [9.17, 15) is 8.42 Å². The molecule has 0 aliphatic heterocycles. The molecule has 2 aromatic carbocycles. The van der Waals surface area contributed by atoms with E-state index < -0.39 is 9.84 Å². The summed E-state index contributed by atoms with van der Waals surface area (Å²) in [5.41, 5.74) is 5.93. The average molecular weight is 492 g/mol. The number of nitrogens with zero attached hydrogens (tertiary/aromatic N) is 1. The van der Waals surface area contributed by atoms with Gasteiger partial charge in [-0.2, -0.15) is 0 Å². The maximum absolute atomic E-state index is 12.7. The Morgan fingerprint density at radius 3 is 2.09 bits per heavy atom. The second-order valence-electron chi connectivity index (χ2n) is 9.39. The zero-order chi connectivity index (χ0) is 23.4. The number of sulfone groups is 1. The number of fused-ring (bicyclic) bond motifs is 1. The molecule has 5 rings (SSSR count). The van der Waals surface area contributed by atoms with Crippen LogP contribution in [0.25, 0.3) is 37.2 Å². The van der Waals surface area contributed by atoms with Crippen LogP contribution in [0, 0.1) is 5.41 Å². The van der Waals surface area contributed by atoms with Gasteiger partial charge in [-0.25, -0.2) is 13.4 Å². The summed E-state index contributed by atoms with van der Waals surface area (Å²) in [6.45, 7) is 8.71. The highest BCUT2D eigenvalue weighted by molar-refractivity contribution is 7.93. The van der Waals surface area contributed by atoms with Crippen molar-refractivity contribution in [2.75, 3.05) is 6.26 Å². The standard InChI is InChI=1S/C27H25NO2S3/c1-17-15-27(2,3)16-20-21(17)26(33(4,29)30)32-24(20)25-28-22(18-11-7-5-8-12-18)23(31-25)19-13-9-6-10-14-19/h5-14H,1,15-16H2,2-4H3. The molecular formula is C27H25NO2S3. The third-order valence-corrected chi connectivity index (χ3v) is 10.2. The fourth-order valence-corrected chi connectivity index (χ4v) is 8.39. The van der Waals surface area contributed by atoms with Crippen molar-refractivity contribution in [1.29, 1.82) is 0 Å². The molecular weight excluding hydrogens is 467 g/mol. The van der Waals surface area contributed by atoms with E-state index in [0.29, 0.717) is 4.21 Å². The molecule has 3 nitrogen and oxygen atoms in total. The molecule has 0 amide bonds. The molecule has 0 spiro atoms. The monoisotopic (exact) mass is 491 g/mol. The number of rotatable bonds is 4. The van der Waals surface area contributed by atoms with Crippen LogP contribution in [0.5, 0.6) is 0 Å². The minimum Gasteiger partial charge on any atom is -0.234 e. The largest absolute Gasteiger partial charge is 0.234 e. The van der Waals surface area contributed by atoms with Crippen molar-refractivity contribution >= 4 is 38.1 Å². The topological polar surface area (TPSA) is 47.0 Å². The Kier molecular flexibility index (Phi) is 5.43. The number of hydrogen-bond donors (Lipinski definition) is 0. The second-order valence-corrected chi connectivity index (χ2v) is 13.6. The molecule has 0 fully saturated rings. The molecule has 0 saturated carbocycles. The summed E-state index contributed by atoms with van der Waals surface area (Å²) in [5, 5.41) is 0.870. The minimum atomic E-state index is -3.37. The smallest absolute Gasteiger partial charge is 0.185 e. The number of thiazole rings is 1. The molecule has 33 heavy (non-hydrogen) atoms. The lowest BCUT2D eigenvalue weighted by atomic mass is 9.73. The van der Waals surface area contributed by atoms with Crippen LogP contribution >= 0.6 is 22.7 Å². The Bertz CT molecular complexity index is 1400. The van der Waals surface area contributed by atoms with Crippen molar-refractivity contribution in [3.63, 3.8) is 0 Å². The van der Waals surface area contributed by atoms with Gasteiger partial charge in [-0.05, 0) is 35.0 Å². The lowest BCUT2D eigenvalue weighted by Crippen LogP contribution is -2.21. The van der Waals surface area contributed by atoms with E-state index in [2.05, 4.69) is 44.7 Å².